The van der Waals surface area contributed by atoms with Gasteiger partial charge in [-0.15, -0.1) is 11.3 Å². The molecule has 1 heterocycles. The van der Waals surface area contributed by atoms with Crippen LogP contribution >= 0.6 is 11.3 Å². The number of hydrogen-bond donors (Lipinski definition) is 1. The minimum atomic E-state index is 0.594. The summed E-state index contributed by atoms with van der Waals surface area (Å²) in [5, 5.41) is 3.90. The Balaban J connectivity index is 2.37. The zero-order valence-corrected chi connectivity index (χ0v) is 15.4. The van der Waals surface area contributed by atoms with Crippen LogP contribution < -0.4 is 5.32 Å². The van der Waals surface area contributed by atoms with E-state index in [0.717, 1.165) is 6.04 Å². The third-order valence-electron chi connectivity index (χ3n) is 4.14. The molecule has 0 spiro atoms. The molecule has 1 nitrogen and oxygen atoms in total. The van der Waals surface area contributed by atoms with Crippen molar-refractivity contribution in [3.8, 4) is 0 Å². The SMILES string of the molecule is CCCCCC(CCCCC)NC(C)Cc1ccc(C)s1. The Bertz CT molecular complexity index is 348. The normalized spacial score (nSPS) is 13.0. The molecule has 0 aliphatic heterocycles. The van der Waals surface area contributed by atoms with E-state index < -0.39 is 0 Å². The largest absolute Gasteiger partial charge is 0.311 e. The van der Waals surface area contributed by atoms with E-state index >= 15 is 0 Å². The van der Waals surface area contributed by atoms with Crippen LogP contribution in [0.3, 0.4) is 0 Å². The first-order valence-electron chi connectivity index (χ1n) is 8.97. The molecule has 0 aliphatic rings. The first-order chi connectivity index (χ1) is 10.2. The van der Waals surface area contributed by atoms with Gasteiger partial charge in [-0.3, -0.25) is 0 Å². The second-order valence-corrected chi connectivity index (χ2v) is 7.85. The first kappa shape index (κ1) is 18.7. The molecule has 0 aliphatic carbocycles. The van der Waals surface area contributed by atoms with Crippen LogP contribution in [0.15, 0.2) is 12.1 Å². The van der Waals surface area contributed by atoms with Crippen LogP contribution in [0.5, 0.6) is 0 Å². The summed E-state index contributed by atoms with van der Waals surface area (Å²) in [5.74, 6) is 0. The number of aryl methyl sites for hydroxylation is 1. The van der Waals surface area contributed by atoms with Crippen LogP contribution in [0.4, 0.5) is 0 Å². The van der Waals surface area contributed by atoms with Crippen molar-refractivity contribution in [1.29, 1.82) is 0 Å². The highest BCUT2D eigenvalue weighted by Gasteiger charge is 2.12. The van der Waals surface area contributed by atoms with Crippen LogP contribution in [0.2, 0.25) is 0 Å². The molecule has 21 heavy (non-hydrogen) atoms. The molecule has 0 amide bonds. The molecule has 2 heteroatoms. The van der Waals surface area contributed by atoms with Gasteiger partial charge in [0.25, 0.3) is 0 Å². The second kappa shape index (κ2) is 11.3. The van der Waals surface area contributed by atoms with Crippen LogP contribution in [0.25, 0.3) is 0 Å². The fourth-order valence-corrected chi connectivity index (χ4v) is 3.97. The molecule has 1 atom stereocenters. The zero-order valence-electron chi connectivity index (χ0n) is 14.6. The lowest BCUT2D eigenvalue weighted by molar-refractivity contribution is 0.379. The molecule has 0 fully saturated rings. The summed E-state index contributed by atoms with van der Waals surface area (Å²) >= 11 is 1.95. The van der Waals surface area contributed by atoms with Crippen LogP contribution in [-0.2, 0) is 6.42 Å². The van der Waals surface area contributed by atoms with Gasteiger partial charge in [-0.2, -0.15) is 0 Å². The molecule has 1 rings (SSSR count). The Hall–Kier alpha value is -0.340. The van der Waals surface area contributed by atoms with E-state index in [2.05, 4.69) is 45.1 Å². The average Bonchev–Trinajstić information content (AvgIpc) is 2.84. The van der Waals surface area contributed by atoms with Crippen LogP contribution in [-0.4, -0.2) is 12.1 Å². The molecule has 0 radical (unpaired) electrons. The highest BCUT2D eigenvalue weighted by atomic mass is 32.1. The molecule has 0 saturated heterocycles. The fourth-order valence-electron chi connectivity index (χ4n) is 2.95. The zero-order chi connectivity index (χ0) is 15.5. The molecule has 122 valence electrons. The van der Waals surface area contributed by atoms with Crippen LogP contribution in [0, 0.1) is 6.92 Å². The highest BCUT2D eigenvalue weighted by molar-refractivity contribution is 7.11. The number of hydrogen-bond acceptors (Lipinski definition) is 2. The predicted octanol–water partition coefficient (Wildman–Crippen LogP) is 6.11. The molecule has 0 bridgehead atoms. The number of unbranched alkanes of at least 4 members (excludes halogenated alkanes) is 4. The minimum Gasteiger partial charge on any atom is -0.311 e. The Morgan fingerprint density at radius 2 is 1.62 bits per heavy atom. The molecule has 1 unspecified atom stereocenters. The summed E-state index contributed by atoms with van der Waals surface area (Å²) in [6.07, 6.45) is 12.1. The Morgan fingerprint density at radius 1 is 1.00 bits per heavy atom. The van der Waals surface area contributed by atoms with Crippen LogP contribution in [0.1, 0.15) is 81.9 Å². The average molecular weight is 310 g/mol. The van der Waals surface area contributed by atoms with E-state index in [1.807, 2.05) is 11.3 Å². The van der Waals surface area contributed by atoms with E-state index in [1.54, 1.807) is 0 Å². The maximum Gasteiger partial charge on any atom is 0.00896 e. The quantitative estimate of drug-likeness (QED) is 0.459. The fraction of sp³-hybridized carbons (Fsp3) is 0.789. The van der Waals surface area contributed by atoms with Crippen molar-refractivity contribution >= 4 is 11.3 Å². The lowest BCUT2D eigenvalue weighted by Gasteiger charge is -2.23. The lowest BCUT2D eigenvalue weighted by atomic mass is 10.0. The third kappa shape index (κ3) is 8.63. The number of nitrogens with one attached hydrogen (secondary N) is 1. The highest BCUT2D eigenvalue weighted by Crippen LogP contribution is 2.18. The summed E-state index contributed by atoms with van der Waals surface area (Å²) in [5.41, 5.74) is 0. The molecule has 0 saturated carbocycles. The maximum atomic E-state index is 3.90. The number of rotatable bonds is 12. The molecule has 0 aromatic carbocycles. The summed E-state index contributed by atoms with van der Waals surface area (Å²) < 4.78 is 0. The van der Waals surface area contributed by atoms with Gasteiger partial charge in [-0.05, 0) is 45.2 Å². The van der Waals surface area contributed by atoms with Crippen molar-refractivity contribution in [3.63, 3.8) is 0 Å². The Morgan fingerprint density at radius 3 is 2.10 bits per heavy atom. The van der Waals surface area contributed by atoms with E-state index in [4.69, 9.17) is 0 Å². The van der Waals surface area contributed by atoms with Gasteiger partial charge in [0.05, 0.1) is 0 Å². The summed E-state index contributed by atoms with van der Waals surface area (Å²) in [6.45, 7) is 9.13. The minimum absolute atomic E-state index is 0.594. The molecular formula is C19H35NS. The topological polar surface area (TPSA) is 12.0 Å². The van der Waals surface area contributed by atoms with E-state index in [1.165, 1.54) is 67.5 Å². The van der Waals surface area contributed by atoms with Crippen molar-refractivity contribution in [2.24, 2.45) is 0 Å². The van der Waals surface area contributed by atoms with Crippen molar-refractivity contribution in [2.75, 3.05) is 0 Å². The van der Waals surface area contributed by atoms with Gasteiger partial charge in [0.1, 0.15) is 0 Å². The molecule has 1 aromatic heterocycles. The Kier molecular flexibility index (Phi) is 10.0. The van der Waals surface area contributed by atoms with Crippen molar-refractivity contribution < 1.29 is 0 Å². The lowest BCUT2D eigenvalue weighted by Crippen LogP contribution is -2.37. The summed E-state index contributed by atoms with van der Waals surface area (Å²) in [7, 11) is 0. The predicted molar refractivity (Wildman–Crippen MR) is 97.4 cm³/mol. The van der Waals surface area contributed by atoms with Gasteiger partial charge in [0.2, 0.25) is 0 Å². The second-order valence-electron chi connectivity index (χ2n) is 6.47. The molecule has 1 aromatic rings. The molecular weight excluding hydrogens is 274 g/mol. The van der Waals surface area contributed by atoms with E-state index in [0.29, 0.717) is 6.04 Å². The van der Waals surface area contributed by atoms with Crippen molar-refractivity contribution in [2.45, 2.75) is 97.6 Å². The number of thiophene rings is 1. The third-order valence-corrected chi connectivity index (χ3v) is 5.16. The van der Waals surface area contributed by atoms with E-state index in [9.17, 15) is 0 Å². The smallest absolute Gasteiger partial charge is 0.00896 e. The summed E-state index contributed by atoms with van der Waals surface area (Å²) in [6, 6.07) is 5.85. The Labute approximate surface area is 136 Å². The van der Waals surface area contributed by atoms with E-state index in [-0.39, 0.29) is 0 Å². The van der Waals surface area contributed by atoms with Gasteiger partial charge in [0.15, 0.2) is 0 Å². The van der Waals surface area contributed by atoms with Gasteiger partial charge < -0.3 is 5.32 Å². The monoisotopic (exact) mass is 309 g/mol. The first-order valence-corrected chi connectivity index (χ1v) is 9.78. The molecule has 1 N–H and O–H groups in total. The summed E-state index contributed by atoms with van der Waals surface area (Å²) in [4.78, 5) is 2.95. The van der Waals surface area contributed by atoms with Gasteiger partial charge in [-0.1, -0.05) is 52.4 Å². The van der Waals surface area contributed by atoms with Gasteiger partial charge in [0, 0.05) is 21.8 Å². The standard InChI is InChI=1S/C19H35NS/c1-5-7-9-11-18(12-10-8-6-2)20-16(3)15-19-14-13-17(4)21-19/h13-14,16,18,20H,5-12,15H2,1-4H3. The maximum absolute atomic E-state index is 3.90. The van der Waals surface area contributed by atoms with Gasteiger partial charge >= 0.3 is 0 Å². The van der Waals surface area contributed by atoms with Crippen molar-refractivity contribution in [1.82, 2.24) is 5.32 Å². The van der Waals surface area contributed by atoms with Crippen molar-refractivity contribution in [3.05, 3.63) is 21.9 Å². The van der Waals surface area contributed by atoms with Gasteiger partial charge in [-0.25, -0.2) is 0 Å².